The van der Waals surface area contributed by atoms with E-state index < -0.39 is 23.0 Å². The molecule has 0 radical (unpaired) electrons. The zero-order valence-electron chi connectivity index (χ0n) is 12.2. The first-order chi connectivity index (χ1) is 11.6. The van der Waals surface area contributed by atoms with Gasteiger partial charge in [-0.1, -0.05) is 23.4 Å². The molecule has 3 aromatic rings. The molecule has 24 heavy (non-hydrogen) atoms. The van der Waals surface area contributed by atoms with Crippen molar-refractivity contribution in [2.45, 2.75) is 6.54 Å². The second kappa shape index (κ2) is 6.32. The third kappa shape index (κ3) is 3.00. The monoisotopic (exact) mass is 330 g/mol. The molecule has 0 atom stereocenters. The van der Waals surface area contributed by atoms with E-state index in [0.29, 0.717) is 0 Å². The number of nitrogens with one attached hydrogen (secondary N) is 2. The normalized spacial score (nSPS) is 10.5. The Bertz CT molecular complexity index is 991. The van der Waals surface area contributed by atoms with Crippen molar-refractivity contribution in [3.05, 3.63) is 80.6 Å². The Morgan fingerprint density at radius 2 is 2.08 bits per heavy atom. The number of carbonyl (C=O) groups excluding carboxylic acids is 1. The number of halogens is 1. The van der Waals surface area contributed by atoms with E-state index in [4.69, 9.17) is 0 Å². The second-order valence-corrected chi connectivity index (χ2v) is 4.83. The highest BCUT2D eigenvalue weighted by Crippen LogP contribution is 2.07. The maximum atomic E-state index is 13.7. The van der Waals surface area contributed by atoms with Crippen molar-refractivity contribution < 1.29 is 13.7 Å². The summed E-state index contributed by atoms with van der Waals surface area (Å²) in [5.74, 6) is -1.21. The minimum Gasteiger partial charge on any atom is -0.363 e. The third-order valence-corrected chi connectivity index (χ3v) is 3.27. The van der Waals surface area contributed by atoms with E-state index in [-0.39, 0.29) is 23.5 Å². The molecule has 0 aliphatic carbocycles. The minimum atomic E-state index is -0.844. The van der Waals surface area contributed by atoms with Gasteiger partial charge in [-0.15, -0.1) is 0 Å². The fourth-order valence-corrected chi connectivity index (χ4v) is 2.08. The van der Waals surface area contributed by atoms with Crippen LogP contribution in [-0.2, 0) is 6.54 Å². The van der Waals surface area contributed by atoms with Crippen molar-refractivity contribution in [3.63, 3.8) is 0 Å². The number of H-pyrrole nitrogens is 1. The molecule has 2 N–H and O–H groups in total. The maximum absolute atomic E-state index is 13.7. The maximum Gasteiger partial charge on any atom is 0.328 e. The van der Waals surface area contributed by atoms with E-state index in [2.05, 4.69) is 20.0 Å². The molecule has 9 heteroatoms. The highest BCUT2D eigenvalue weighted by atomic mass is 19.1. The number of carbonyl (C=O) groups is 1. The van der Waals surface area contributed by atoms with Crippen molar-refractivity contribution in [2.75, 3.05) is 5.32 Å². The average Bonchev–Trinajstić information content (AvgIpc) is 3.06. The number of nitrogens with zero attached hydrogens (tertiary/aromatic N) is 2. The molecule has 3 rings (SSSR count). The number of hydrogen-bond acceptors (Lipinski definition) is 5. The molecule has 2 heterocycles. The summed E-state index contributed by atoms with van der Waals surface area (Å²) in [5.41, 5.74) is -1.75. The quantitative estimate of drug-likeness (QED) is 0.740. The predicted octanol–water partition coefficient (Wildman–Crippen LogP) is 0.964. The Morgan fingerprint density at radius 3 is 2.79 bits per heavy atom. The zero-order valence-corrected chi connectivity index (χ0v) is 12.2. The summed E-state index contributed by atoms with van der Waals surface area (Å²) in [7, 11) is 0. The summed E-state index contributed by atoms with van der Waals surface area (Å²) < 4.78 is 19.0. The van der Waals surface area contributed by atoms with E-state index in [1.807, 2.05) is 0 Å². The smallest absolute Gasteiger partial charge is 0.328 e. The Balaban J connectivity index is 1.96. The van der Waals surface area contributed by atoms with Crippen LogP contribution in [0.3, 0.4) is 0 Å². The molecular formula is C15H11FN4O4. The van der Waals surface area contributed by atoms with Gasteiger partial charge in [0.2, 0.25) is 0 Å². The number of anilines is 1. The van der Waals surface area contributed by atoms with Crippen LogP contribution in [-0.4, -0.2) is 20.6 Å². The van der Waals surface area contributed by atoms with Crippen LogP contribution in [0.1, 0.15) is 15.9 Å². The Kier molecular flexibility index (Phi) is 4.06. The lowest BCUT2D eigenvalue weighted by molar-refractivity contribution is 0.102. The van der Waals surface area contributed by atoms with E-state index in [1.165, 1.54) is 30.5 Å². The first kappa shape index (κ1) is 15.4. The SMILES string of the molecule is O=C(Nc1ccon1)c1c[nH]c(=O)n(Cc2ccccc2F)c1=O. The van der Waals surface area contributed by atoms with Crippen LogP contribution in [0.4, 0.5) is 10.2 Å². The van der Waals surface area contributed by atoms with Crippen molar-refractivity contribution in [3.8, 4) is 0 Å². The standard InChI is InChI=1S/C15H11FN4O4/c16-11-4-2-1-3-9(11)8-20-14(22)10(7-17-15(20)23)13(21)18-12-5-6-24-19-12/h1-7H,8H2,(H,17,23)(H,18,19,21). The van der Waals surface area contributed by atoms with Gasteiger partial charge >= 0.3 is 5.69 Å². The van der Waals surface area contributed by atoms with Gasteiger partial charge in [-0.2, -0.15) is 0 Å². The lowest BCUT2D eigenvalue weighted by Gasteiger charge is -2.07. The molecule has 0 aliphatic heterocycles. The lowest BCUT2D eigenvalue weighted by Crippen LogP contribution is -2.39. The van der Waals surface area contributed by atoms with Gasteiger partial charge in [0.25, 0.3) is 11.5 Å². The molecule has 0 saturated heterocycles. The first-order valence-corrected chi connectivity index (χ1v) is 6.84. The highest BCUT2D eigenvalue weighted by molar-refractivity contribution is 6.03. The van der Waals surface area contributed by atoms with E-state index >= 15 is 0 Å². The van der Waals surface area contributed by atoms with Gasteiger partial charge in [-0.25, -0.2) is 9.18 Å². The zero-order chi connectivity index (χ0) is 17.1. The Morgan fingerprint density at radius 1 is 1.29 bits per heavy atom. The molecule has 122 valence electrons. The van der Waals surface area contributed by atoms with Crippen molar-refractivity contribution in [1.29, 1.82) is 0 Å². The molecule has 0 unspecified atom stereocenters. The van der Waals surface area contributed by atoms with Crippen LogP contribution in [0.2, 0.25) is 0 Å². The first-order valence-electron chi connectivity index (χ1n) is 6.84. The molecule has 1 aromatic carbocycles. The average molecular weight is 330 g/mol. The summed E-state index contributed by atoms with van der Waals surface area (Å²) in [6, 6.07) is 7.13. The van der Waals surface area contributed by atoms with Crippen LogP contribution in [0, 0.1) is 5.82 Å². The number of aromatic nitrogens is 3. The van der Waals surface area contributed by atoms with Crippen LogP contribution in [0.5, 0.6) is 0 Å². The molecule has 2 aromatic heterocycles. The third-order valence-electron chi connectivity index (χ3n) is 3.27. The van der Waals surface area contributed by atoms with Gasteiger partial charge in [0.15, 0.2) is 5.82 Å². The van der Waals surface area contributed by atoms with E-state index in [1.54, 1.807) is 6.07 Å². The highest BCUT2D eigenvalue weighted by Gasteiger charge is 2.16. The van der Waals surface area contributed by atoms with Gasteiger partial charge in [0.1, 0.15) is 17.6 Å². The van der Waals surface area contributed by atoms with E-state index in [0.717, 1.165) is 10.8 Å². The van der Waals surface area contributed by atoms with Crippen molar-refractivity contribution in [1.82, 2.24) is 14.7 Å². The number of rotatable bonds is 4. The lowest BCUT2D eigenvalue weighted by atomic mass is 10.2. The van der Waals surface area contributed by atoms with Gasteiger partial charge in [-0.3, -0.25) is 14.2 Å². The second-order valence-electron chi connectivity index (χ2n) is 4.83. The van der Waals surface area contributed by atoms with Gasteiger partial charge in [-0.05, 0) is 6.07 Å². The van der Waals surface area contributed by atoms with Crippen molar-refractivity contribution in [2.24, 2.45) is 0 Å². The largest absolute Gasteiger partial charge is 0.363 e. The molecule has 0 saturated carbocycles. The van der Waals surface area contributed by atoms with Gasteiger partial charge < -0.3 is 14.8 Å². The topological polar surface area (TPSA) is 110 Å². The van der Waals surface area contributed by atoms with Crippen LogP contribution in [0.25, 0.3) is 0 Å². The Hall–Kier alpha value is -3.49. The molecule has 1 amide bonds. The number of hydrogen-bond donors (Lipinski definition) is 2. The molecule has 0 spiro atoms. The minimum absolute atomic E-state index is 0.117. The molecule has 0 fully saturated rings. The summed E-state index contributed by atoms with van der Waals surface area (Å²) >= 11 is 0. The number of amides is 1. The summed E-state index contributed by atoms with van der Waals surface area (Å²) in [6.45, 7) is -0.300. The summed E-state index contributed by atoms with van der Waals surface area (Å²) in [6.07, 6.45) is 2.25. The molecule has 0 aliphatic rings. The molecule has 8 nitrogen and oxygen atoms in total. The van der Waals surface area contributed by atoms with Crippen molar-refractivity contribution >= 4 is 11.7 Å². The summed E-state index contributed by atoms with van der Waals surface area (Å²) in [5, 5.41) is 5.84. The number of benzene rings is 1. The van der Waals surface area contributed by atoms with E-state index in [9.17, 15) is 18.8 Å². The van der Waals surface area contributed by atoms with Gasteiger partial charge in [0, 0.05) is 17.8 Å². The van der Waals surface area contributed by atoms with Crippen LogP contribution < -0.4 is 16.6 Å². The number of aromatic amines is 1. The fourth-order valence-electron chi connectivity index (χ4n) is 2.08. The Labute approximate surface area is 133 Å². The summed E-state index contributed by atoms with van der Waals surface area (Å²) in [4.78, 5) is 38.7. The van der Waals surface area contributed by atoms with Crippen LogP contribution in [0.15, 0.2) is 56.9 Å². The van der Waals surface area contributed by atoms with Crippen LogP contribution >= 0.6 is 0 Å². The molecule has 0 bridgehead atoms. The molecular weight excluding hydrogens is 319 g/mol. The fraction of sp³-hybridized carbons (Fsp3) is 0.0667. The predicted molar refractivity (Wildman–Crippen MR) is 81.3 cm³/mol. The van der Waals surface area contributed by atoms with Gasteiger partial charge in [0.05, 0.1) is 6.54 Å².